The largest absolute Gasteiger partial charge is 0.411 e. The minimum atomic E-state index is -0.369. The number of H-pyrrole nitrogens is 1. The highest BCUT2D eigenvalue weighted by Gasteiger charge is 2.08. The lowest BCUT2D eigenvalue weighted by Crippen LogP contribution is -2.15. The molecule has 0 atom stereocenters. The second kappa shape index (κ2) is 3.02. The monoisotopic (exact) mass is 195 g/mol. The minimum Gasteiger partial charge on any atom is -0.411 e. The first-order valence-corrected chi connectivity index (χ1v) is 4.08. The summed E-state index contributed by atoms with van der Waals surface area (Å²) in [6.07, 6.45) is 1.38. The van der Waals surface area contributed by atoms with Crippen molar-refractivity contribution in [2.24, 2.45) is 0 Å². The highest BCUT2D eigenvalue weighted by Crippen LogP contribution is 2.03. The van der Waals surface area contributed by atoms with Gasteiger partial charge in [-0.2, -0.15) is 9.71 Å². The van der Waals surface area contributed by atoms with Crippen LogP contribution in [0.2, 0.25) is 0 Å². The van der Waals surface area contributed by atoms with Crippen molar-refractivity contribution in [1.29, 1.82) is 0 Å². The summed E-state index contributed by atoms with van der Waals surface area (Å²) in [5, 5.41) is 0. The average Bonchev–Trinajstić information content (AvgIpc) is 2.49. The van der Waals surface area contributed by atoms with Crippen molar-refractivity contribution in [1.82, 2.24) is 19.7 Å². The summed E-state index contributed by atoms with van der Waals surface area (Å²) >= 11 is 0. The number of nitrogen functional groups attached to an aromatic ring is 1. The van der Waals surface area contributed by atoms with Crippen molar-refractivity contribution in [2.75, 3.05) is 12.3 Å². The number of aromatic nitrogens is 4. The van der Waals surface area contributed by atoms with Crippen molar-refractivity contribution >= 4 is 17.1 Å². The summed E-state index contributed by atoms with van der Waals surface area (Å²) in [6, 6.07) is 0. The van der Waals surface area contributed by atoms with Crippen LogP contribution in [0.1, 0.15) is 6.92 Å². The Morgan fingerprint density at radius 1 is 1.71 bits per heavy atom. The molecule has 0 saturated heterocycles. The summed E-state index contributed by atoms with van der Waals surface area (Å²) in [4.78, 5) is 26.6. The van der Waals surface area contributed by atoms with Crippen LogP contribution < -0.4 is 16.1 Å². The average molecular weight is 195 g/mol. The normalized spacial score (nSPS) is 10.6. The van der Waals surface area contributed by atoms with E-state index in [1.165, 1.54) is 11.1 Å². The molecular formula is C7H9N5O2. The molecule has 3 N–H and O–H groups in total. The third-order valence-corrected chi connectivity index (χ3v) is 1.66. The number of fused-ring (bicyclic) bond motifs is 1. The van der Waals surface area contributed by atoms with Crippen molar-refractivity contribution in [3.63, 3.8) is 0 Å². The van der Waals surface area contributed by atoms with Crippen LogP contribution in [0.15, 0.2) is 11.1 Å². The molecule has 74 valence electrons. The summed E-state index contributed by atoms with van der Waals surface area (Å²) in [5.41, 5.74) is 5.56. The van der Waals surface area contributed by atoms with E-state index >= 15 is 0 Å². The minimum absolute atomic E-state index is 0.0453. The predicted molar refractivity (Wildman–Crippen MR) is 49.7 cm³/mol. The molecule has 0 spiro atoms. The lowest BCUT2D eigenvalue weighted by atomic mass is 10.5. The molecule has 0 aromatic carbocycles. The number of aromatic amines is 1. The second-order valence-corrected chi connectivity index (χ2v) is 2.61. The first-order valence-electron chi connectivity index (χ1n) is 4.08. The van der Waals surface area contributed by atoms with Gasteiger partial charge < -0.3 is 10.6 Å². The molecule has 0 aliphatic rings. The molecule has 7 nitrogen and oxygen atoms in total. The Labute approximate surface area is 78.5 Å². The molecule has 0 fully saturated rings. The van der Waals surface area contributed by atoms with Gasteiger partial charge in [-0.1, -0.05) is 0 Å². The van der Waals surface area contributed by atoms with E-state index in [-0.39, 0.29) is 17.0 Å². The Balaban J connectivity index is 2.72. The Morgan fingerprint density at radius 2 is 2.50 bits per heavy atom. The lowest BCUT2D eigenvalue weighted by molar-refractivity contribution is 0.129. The lowest BCUT2D eigenvalue weighted by Gasteiger charge is -2.02. The molecule has 7 heteroatoms. The van der Waals surface area contributed by atoms with Gasteiger partial charge in [0, 0.05) is 0 Å². The van der Waals surface area contributed by atoms with Crippen LogP contribution in [-0.2, 0) is 0 Å². The van der Waals surface area contributed by atoms with E-state index in [4.69, 9.17) is 10.6 Å². The van der Waals surface area contributed by atoms with Gasteiger partial charge >= 0.3 is 0 Å². The van der Waals surface area contributed by atoms with Gasteiger partial charge in [-0.15, -0.1) is 0 Å². The van der Waals surface area contributed by atoms with E-state index in [0.29, 0.717) is 12.3 Å². The number of nitrogens with zero attached hydrogens (tertiary/aromatic N) is 3. The molecule has 2 aromatic rings. The number of nitrogens with one attached hydrogen (secondary N) is 1. The molecule has 2 rings (SSSR count). The fraction of sp³-hybridized carbons (Fsp3) is 0.286. The molecule has 14 heavy (non-hydrogen) atoms. The van der Waals surface area contributed by atoms with Crippen molar-refractivity contribution in [3.8, 4) is 0 Å². The number of rotatable bonds is 2. The second-order valence-electron chi connectivity index (χ2n) is 2.61. The van der Waals surface area contributed by atoms with Crippen LogP contribution in [0.3, 0.4) is 0 Å². The fourth-order valence-corrected chi connectivity index (χ4v) is 1.14. The molecule has 0 radical (unpaired) electrons. The zero-order valence-corrected chi connectivity index (χ0v) is 7.52. The molecule has 2 heterocycles. The summed E-state index contributed by atoms with van der Waals surface area (Å²) < 4.78 is 1.32. The first kappa shape index (κ1) is 8.54. The summed E-state index contributed by atoms with van der Waals surface area (Å²) in [5.74, 6) is 0.0453. The topological polar surface area (TPSA) is 98.8 Å². The summed E-state index contributed by atoms with van der Waals surface area (Å²) in [7, 11) is 0. The molecule has 0 aliphatic carbocycles. The van der Waals surface area contributed by atoms with E-state index in [2.05, 4.69) is 15.0 Å². The maximum absolute atomic E-state index is 11.3. The number of nitrogens with two attached hydrogens (primary N) is 1. The third-order valence-electron chi connectivity index (χ3n) is 1.66. The maximum Gasteiger partial charge on any atom is 0.280 e. The smallest absolute Gasteiger partial charge is 0.280 e. The number of hydrogen-bond acceptors (Lipinski definition) is 5. The van der Waals surface area contributed by atoms with E-state index in [1.807, 2.05) is 6.92 Å². The fourth-order valence-electron chi connectivity index (χ4n) is 1.14. The predicted octanol–water partition coefficient (Wildman–Crippen LogP) is -0.850. The van der Waals surface area contributed by atoms with Crippen LogP contribution in [0.4, 0.5) is 5.95 Å². The van der Waals surface area contributed by atoms with Crippen LogP contribution in [0.5, 0.6) is 0 Å². The molecule has 0 aliphatic heterocycles. The SMILES string of the molecule is CCOn1cnc2c(=O)[nH]c(N)nc21. The van der Waals surface area contributed by atoms with Gasteiger partial charge in [-0.3, -0.25) is 9.78 Å². The highest BCUT2D eigenvalue weighted by molar-refractivity contribution is 5.69. The van der Waals surface area contributed by atoms with Gasteiger partial charge in [0.15, 0.2) is 5.52 Å². The molecule has 0 amide bonds. The van der Waals surface area contributed by atoms with Crippen LogP contribution >= 0.6 is 0 Å². The van der Waals surface area contributed by atoms with E-state index < -0.39 is 0 Å². The molecular weight excluding hydrogens is 186 g/mol. The Hall–Kier alpha value is -2.05. The van der Waals surface area contributed by atoms with E-state index in [0.717, 1.165) is 0 Å². The van der Waals surface area contributed by atoms with Crippen LogP contribution in [-0.4, -0.2) is 26.3 Å². The Kier molecular flexibility index (Phi) is 1.84. The standard InChI is InChI=1S/C7H9N5O2/c1-2-14-12-3-9-4-5(12)10-7(8)11-6(4)13/h3H,2H2,1H3,(H3,8,10,11,13). The third kappa shape index (κ3) is 1.18. The quantitative estimate of drug-likeness (QED) is 0.650. The maximum atomic E-state index is 11.3. The van der Waals surface area contributed by atoms with Gasteiger partial charge in [0.2, 0.25) is 11.6 Å². The first-order chi connectivity index (χ1) is 6.72. The van der Waals surface area contributed by atoms with Gasteiger partial charge in [0.1, 0.15) is 12.9 Å². The van der Waals surface area contributed by atoms with Crippen molar-refractivity contribution in [3.05, 3.63) is 16.7 Å². The van der Waals surface area contributed by atoms with Crippen LogP contribution in [0, 0.1) is 0 Å². The summed E-state index contributed by atoms with van der Waals surface area (Å²) in [6.45, 7) is 2.28. The molecule has 2 aromatic heterocycles. The Bertz CT molecular complexity index is 514. The Morgan fingerprint density at radius 3 is 3.21 bits per heavy atom. The van der Waals surface area contributed by atoms with Gasteiger partial charge in [-0.05, 0) is 6.92 Å². The highest BCUT2D eigenvalue weighted by atomic mass is 16.7. The number of anilines is 1. The van der Waals surface area contributed by atoms with Gasteiger partial charge in [-0.25, -0.2) is 4.98 Å². The van der Waals surface area contributed by atoms with Gasteiger partial charge in [0.05, 0.1) is 0 Å². The van der Waals surface area contributed by atoms with Crippen molar-refractivity contribution < 1.29 is 4.84 Å². The zero-order chi connectivity index (χ0) is 10.1. The van der Waals surface area contributed by atoms with Gasteiger partial charge in [0.25, 0.3) is 5.56 Å². The number of hydrogen-bond donors (Lipinski definition) is 2. The zero-order valence-electron chi connectivity index (χ0n) is 7.52. The van der Waals surface area contributed by atoms with E-state index in [9.17, 15) is 4.79 Å². The van der Waals surface area contributed by atoms with Crippen LogP contribution in [0.25, 0.3) is 11.2 Å². The molecule has 0 bridgehead atoms. The molecule has 0 saturated carbocycles. The number of imidazole rings is 1. The van der Waals surface area contributed by atoms with Crippen molar-refractivity contribution in [2.45, 2.75) is 6.92 Å². The molecule has 0 unspecified atom stereocenters. The van der Waals surface area contributed by atoms with E-state index in [1.54, 1.807) is 0 Å².